The molecule has 8 atom stereocenters. The van der Waals surface area contributed by atoms with Crippen LogP contribution in [0, 0.1) is 0 Å². The first kappa shape index (κ1) is 69.8. The summed E-state index contributed by atoms with van der Waals surface area (Å²) >= 11 is 0. The summed E-state index contributed by atoms with van der Waals surface area (Å²) in [5, 5.41) is 23.0. The molecule has 4 radical (unpaired) electrons. The minimum atomic E-state index is -5.30. The third-order valence-corrected chi connectivity index (χ3v) is 54.6. The maximum atomic E-state index is 9.76. The molecule has 0 saturated carbocycles. The Hall–Kier alpha value is -4.57. The minimum Gasteiger partial charge on any atom is -0.413 e. The standard InChI is InChI=1S/C64H78O18Si11/c1-83-70-88(59-36-17-7-18-37-59)74-86(56-57-32-13-5-14-33-57)73-87(58-34-15-6-16-35-58,69-52-30-29-50-67-53-48-65)76-92(77-88,63-44-25-11-26-45-63)82-93(64-46-27-12-28-47-64)79-89(71-84-2,60-38-19-8-20-39-60)78-91(75-86,62-42-23-10-24-43-62)80-90(81-93,61-40-21-9-22-41-61)72-85(3,4)55-31-51-68-54-49-66/h5-28,32-47,65-66H,29-31,48-56H2,1-4H3. The van der Waals surface area contributed by atoms with Gasteiger partial charge in [-0.25, -0.2) is 0 Å². The quantitative estimate of drug-likeness (QED) is 0.0433. The van der Waals surface area contributed by atoms with E-state index < -0.39 is 78.8 Å². The van der Waals surface area contributed by atoms with Gasteiger partial charge in [-0.05, 0) is 57.1 Å². The predicted octanol–water partition coefficient (Wildman–Crippen LogP) is 5.63. The summed E-state index contributed by atoms with van der Waals surface area (Å²) in [4.78, 5) is 0. The van der Waals surface area contributed by atoms with Crippen molar-refractivity contribution < 1.29 is 77.6 Å². The van der Waals surface area contributed by atoms with Crippen molar-refractivity contribution in [3.05, 3.63) is 248 Å². The fourth-order valence-corrected chi connectivity index (χ4v) is 60.7. The van der Waals surface area contributed by atoms with E-state index in [9.17, 15) is 10.2 Å². The van der Waals surface area contributed by atoms with Gasteiger partial charge in [-0.15, -0.1) is 0 Å². The van der Waals surface area contributed by atoms with E-state index in [1.165, 1.54) is 0 Å². The summed E-state index contributed by atoms with van der Waals surface area (Å²) in [6, 6.07) is 77.8. The molecule has 4 aliphatic rings. The lowest BCUT2D eigenvalue weighted by atomic mass is 10.2. The lowest BCUT2D eigenvalue weighted by Gasteiger charge is -2.57. The molecule has 4 bridgehead atoms. The van der Waals surface area contributed by atoms with E-state index in [0.29, 0.717) is 74.8 Å². The SMILES string of the molecule is C[Si]O[Si]1(c2ccccc2)O[Si]2(Cc3ccccc3)O[Si](OCCCCOCCO)(c3ccccc3)O[Si](c3ccccc3)(O1)O[Si]1(c3ccccc3)O[Si](O[Si]C)(c3ccccc3)O[Si](c3ccccc3)(O2)O[Si](O[Si](C)(C)CCCOCCO)(c2ccccc2)O1. The van der Waals surface area contributed by atoms with E-state index >= 15 is 0 Å². The van der Waals surface area contributed by atoms with Crippen molar-refractivity contribution in [1.29, 1.82) is 0 Å². The third-order valence-electron chi connectivity index (χ3n) is 15.3. The van der Waals surface area contributed by atoms with E-state index in [1.807, 2.05) is 256 Å². The van der Waals surface area contributed by atoms with Crippen LogP contribution in [0.3, 0.4) is 0 Å². The molecule has 0 aliphatic carbocycles. The summed E-state index contributed by atoms with van der Waals surface area (Å²) in [6.45, 7) is 9.10. The lowest BCUT2D eigenvalue weighted by Crippen LogP contribution is -2.89. The van der Waals surface area contributed by atoms with Gasteiger partial charge in [0, 0.05) is 62.2 Å². The smallest absolute Gasteiger partial charge is 0.413 e. The van der Waals surface area contributed by atoms with Gasteiger partial charge in [0.25, 0.3) is 0 Å². The molecule has 486 valence electrons. The van der Waals surface area contributed by atoms with E-state index in [0.717, 1.165) is 5.56 Å². The molecule has 0 amide bonds. The van der Waals surface area contributed by atoms with Crippen molar-refractivity contribution in [2.75, 3.05) is 46.2 Å². The largest absolute Gasteiger partial charge is 0.522 e. The van der Waals surface area contributed by atoms with Gasteiger partial charge in [-0.1, -0.05) is 243 Å². The van der Waals surface area contributed by atoms with Crippen molar-refractivity contribution >= 4 is 135 Å². The Kier molecular flexibility index (Phi) is 23.8. The molecular formula is C64H78O18Si11. The van der Waals surface area contributed by atoms with Gasteiger partial charge < -0.3 is 77.6 Å². The molecule has 8 aromatic rings. The maximum Gasteiger partial charge on any atom is 0.522 e. The zero-order valence-corrected chi connectivity index (χ0v) is 63.5. The molecule has 29 heteroatoms. The molecule has 4 heterocycles. The number of benzene rings is 8. The second-order valence-corrected chi connectivity index (χ2v) is 51.9. The monoisotopic (exact) mass is 1440 g/mol. The van der Waals surface area contributed by atoms with Gasteiger partial charge in [-0.3, -0.25) is 0 Å². The fraction of sp³-hybridized carbons (Fsp3) is 0.250. The second kappa shape index (κ2) is 31.7. The molecule has 0 spiro atoms. The Bertz CT molecular complexity index is 3560. The number of unbranched alkanes of at least 4 members (excludes halogenated alkanes) is 1. The number of rotatable bonds is 29. The Balaban J connectivity index is 1.35. The first-order valence-corrected chi connectivity index (χ1v) is 51.1. The topological polar surface area (TPSA) is 188 Å². The van der Waals surface area contributed by atoms with Crippen molar-refractivity contribution in [3.8, 4) is 0 Å². The van der Waals surface area contributed by atoms with Crippen LogP contribution in [-0.2, 0) is 73.4 Å². The summed E-state index contributed by atoms with van der Waals surface area (Å²) in [5.74, 6) is 0. The highest BCUT2D eigenvalue weighted by Gasteiger charge is 2.80. The van der Waals surface area contributed by atoms with Gasteiger partial charge in [0.05, 0.1) is 26.4 Å². The van der Waals surface area contributed by atoms with Crippen LogP contribution in [-0.4, -0.2) is 155 Å². The molecule has 93 heavy (non-hydrogen) atoms. The van der Waals surface area contributed by atoms with Crippen LogP contribution in [0.15, 0.2) is 243 Å². The number of aliphatic hydroxyl groups excluding tert-OH is 2. The Labute approximate surface area is 560 Å². The normalized spacial score (nSPS) is 27.4. The number of aliphatic hydroxyl groups is 2. The number of fused-ring (bicyclic) bond motifs is 4. The molecule has 4 saturated heterocycles. The minimum absolute atomic E-state index is 0.0666. The molecule has 4 aliphatic heterocycles. The molecule has 4 fully saturated rings. The van der Waals surface area contributed by atoms with Crippen molar-refractivity contribution in [1.82, 2.24) is 0 Å². The van der Waals surface area contributed by atoms with Gasteiger partial charge >= 0.3 is 70.4 Å². The second-order valence-electron chi connectivity index (χ2n) is 22.6. The Morgan fingerprint density at radius 1 is 0.344 bits per heavy atom. The van der Waals surface area contributed by atoms with Crippen molar-refractivity contribution in [2.45, 2.75) is 57.5 Å². The lowest BCUT2D eigenvalue weighted by molar-refractivity contribution is 0.0338. The van der Waals surface area contributed by atoms with Crippen molar-refractivity contribution in [2.24, 2.45) is 0 Å². The summed E-state index contributed by atoms with van der Waals surface area (Å²) in [7, 11) is -44.2. The highest BCUT2D eigenvalue weighted by Crippen LogP contribution is 2.44. The van der Waals surface area contributed by atoms with Crippen LogP contribution >= 0.6 is 0 Å². The number of ether oxygens (including phenoxy) is 2. The summed E-state index contributed by atoms with van der Waals surface area (Å²) in [5.41, 5.74) is 0.759. The van der Waals surface area contributed by atoms with Crippen molar-refractivity contribution in [3.63, 3.8) is 0 Å². The number of hydrogen-bond donors (Lipinski definition) is 2. The molecule has 2 N–H and O–H groups in total. The van der Waals surface area contributed by atoms with Crippen LogP contribution in [0.5, 0.6) is 0 Å². The Morgan fingerprint density at radius 2 is 0.667 bits per heavy atom. The zero-order chi connectivity index (χ0) is 64.6. The molecule has 0 aromatic heterocycles. The predicted molar refractivity (Wildman–Crippen MR) is 374 cm³/mol. The van der Waals surface area contributed by atoms with Crippen LogP contribution < -0.4 is 36.3 Å². The van der Waals surface area contributed by atoms with Crippen LogP contribution in [0.1, 0.15) is 24.8 Å². The van der Waals surface area contributed by atoms with Gasteiger partial charge in [-0.2, -0.15) is 0 Å². The fourth-order valence-electron chi connectivity index (χ4n) is 11.2. The van der Waals surface area contributed by atoms with E-state index in [2.05, 4.69) is 13.1 Å². The highest BCUT2D eigenvalue weighted by atomic mass is 28.6. The molecule has 8 aromatic carbocycles. The van der Waals surface area contributed by atoms with E-state index in [1.54, 1.807) is 0 Å². The number of hydrogen-bond acceptors (Lipinski definition) is 18. The van der Waals surface area contributed by atoms with Gasteiger partial charge in [0.1, 0.15) is 0 Å². The van der Waals surface area contributed by atoms with Crippen LogP contribution in [0.2, 0.25) is 32.2 Å². The Morgan fingerprint density at radius 3 is 1.09 bits per heavy atom. The van der Waals surface area contributed by atoms with Gasteiger partial charge in [0.15, 0.2) is 8.32 Å². The van der Waals surface area contributed by atoms with E-state index in [-0.39, 0.29) is 58.6 Å². The van der Waals surface area contributed by atoms with E-state index in [4.69, 9.17) is 67.4 Å². The molecule has 18 nitrogen and oxygen atoms in total. The highest BCUT2D eigenvalue weighted by molar-refractivity contribution is 7.09. The van der Waals surface area contributed by atoms with Gasteiger partial charge in [0.2, 0.25) is 19.5 Å². The molecule has 8 unspecified atom stereocenters. The summed E-state index contributed by atoms with van der Waals surface area (Å²) in [6.07, 6.45) is 1.62. The zero-order valence-electron chi connectivity index (χ0n) is 52.5. The first-order chi connectivity index (χ1) is 45.3. The van der Waals surface area contributed by atoms with Crippen LogP contribution in [0.25, 0.3) is 0 Å². The summed E-state index contributed by atoms with van der Waals surface area (Å²) < 4.78 is 128. The maximum absolute atomic E-state index is 9.76. The average Bonchev–Trinajstić information content (AvgIpc) is 0.693. The first-order valence-electron chi connectivity index (χ1n) is 31.2. The van der Waals surface area contributed by atoms with Crippen LogP contribution in [0.4, 0.5) is 0 Å². The third kappa shape index (κ3) is 16.2. The molecular weight excluding hydrogens is 1370 g/mol. The molecule has 12 rings (SSSR count). The average molecular weight is 1440 g/mol.